The van der Waals surface area contributed by atoms with Crippen LogP contribution in [-0.4, -0.2) is 35.8 Å². The van der Waals surface area contributed by atoms with Crippen LogP contribution in [0.1, 0.15) is 38.8 Å². The molecule has 0 spiro atoms. The molecule has 0 aliphatic rings. The second kappa shape index (κ2) is 19.3. The molecule has 0 atom stereocenters. The van der Waals surface area contributed by atoms with Crippen LogP contribution in [0.3, 0.4) is 0 Å². The predicted molar refractivity (Wildman–Crippen MR) is 181 cm³/mol. The topological polar surface area (TPSA) is 120 Å². The summed E-state index contributed by atoms with van der Waals surface area (Å²) in [6, 6.07) is 32.2. The van der Waals surface area contributed by atoms with Crippen LogP contribution in [-0.2, 0) is 17.1 Å². The van der Waals surface area contributed by atoms with Gasteiger partial charge in [-0.25, -0.2) is 20.0 Å². The minimum atomic E-state index is -0.348. The predicted octanol–water partition coefficient (Wildman–Crippen LogP) is 6.64. The Hall–Kier alpha value is -4.14. The maximum atomic E-state index is 12.2. The average Bonchev–Trinajstić information content (AvgIpc) is 3.00. The van der Waals surface area contributed by atoms with E-state index in [0.29, 0.717) is 32.5 Å². The van der Waals surface area contributed by atoms with Gasteiger partial charge in [-0.3, -0.25) is 0 Å². The minimum Gasteiger partial charge on any atom is -0.858 e. The number of hydrogen-bond acceptors (Lipinski definition) is 4. The van der Waals surface area contributed by atoms with Crippen molar-refractivity contribution in [3.05, 3.63) is 130 Å². The third-order valence-corrected chi connectivity index (χ3v) is 6.12. The van der Waals surface area contributed by atoms with Gasteiger partial charge < -0.3 is 20.8 Å². The van der Waals surface area contributed by atoms with Crippen LogP contribution in [0.5, 0.6) is 0 Å². The third-order valence-electron chi connectivity index (χ3n) is 5.46. The number of anilines is 2. The fraction of sp³-hybridized carbons (Fsp3) is 0.176. The summed E-state index contributed by atoms with van der Waals surface area (Å²) in [5.41, 5.74) is 2.35. The number of benzene rings is 4. The smallest absolute Gasteiger partial charge is 0.858 e. The van der Waals surface area contributed by atoms with Crippen molar-refractivity contribution in [3.63, 3.8) is 0 Å². The Labute approximate surface area is 285 Å². The summed E-state index contributed by atoms with van der Waals surface area (Å²) in [6.45, 7) is 7.65. The number of nitrogens with zero attached hydrogens (tertiary/aromatic N) is 4. The van der Waals surface area contributed by atoms with Gasteiger partial charge in [0.1, 0.15) is 0 Å². The van der Waals surface area contributed by atoms with E-state index < -0.39 is 0 Å². The molecule has 0 aliphatic heterocycles. The van der Waals surface area contributed by atoms with Crippen molar-refractivity contribution in [1.82, 2.24) is 0 Å². The Kier molecular flexibility index (Phi) is 15.9. The molecule has 0 heterocycles. The molecular weight excluding hydrogens is 659 g/mol. The molecule has 0 unspecified atom stereocenters. The number of rotatable bonds is 6. The van der Waals surface area contributed by atoms with E-state index in [1.807, 2.05) is 64.1 Å². The molecule has 4 rings (SSSR count). The fourth-order valence-corrected chi connectivity index (χ4v) is 3.88. The van der Waals surface area contributed by atoms with E-state index in [0.717, 1.165) is 0 Å². The average molecular weight is 693 g/mol. The first-order valence-corrected chi connectivity index (χ1v) is 14.7. The molecule has 237 valence electrons. The zero-order valence-electron chi connectivity index (χ0n) is 25.2. The van der Waals surface area contributed by atoms with E-state index in [2.05, 4.69) is 30.6 Å². The fourth-order valence-electron chi connectivity index (χ4n) is 3.52. The zero-order chi connectivity index (χ0) is 31.9. The number of nitrogens with one attached hydrogen (secondary N) is 2. The monoisotopic (exact) mass is 691 g/mol. The van der Waals surface area contributed by atoms with Gasteiger partial charge in [0.2, 0.25) is 11.9 Å². The molecule has 0 bridgehead atoms. The van der Waals surface area contributed by atoms with Gasteiger partial charge in [-0.05, 0) is 74.9 Å². The van der Waals surface area contributed by atoms with Gasteiger partial charge in [0.05, 0.1) is 21.4 Å². The molecule has 8 nitrogen and oxygen atoms in total. The molecule has 0 aliphatic carbocycles. The largest absolute Gasteiger partial charge is 2.00 e. The first-order chi connectivity index (χ1) is 21.1. The SMILES string of the molecule is CC(C)N=C(/N=C(\[O-])c1ccccc1)Nc1ccccc1Cl.CC(C)N=C(/N=C(\[O-])c1ccccc1)Nc1ccccc1Cl.[Cu+2]. The van der Waals surface area contributed by atoms with Crippen LogP contribution in [0.15, 0.2) is 129 Å². The Morgan fingerprint density at radius 1 is 0.533 bits per heavy atom. The Bertz CT molecular complexity index is 1490. The first kappa shape index (κ1) is 37.0. The van der Waals surface area contributed by atoms with Gasteiger partial charge in [-0.2, -0.15) is 0 Å². The second-order valence-corrected chi connectivity index (χ2v) is 10.7. The molecule has 0 saturated heterocycles. The molecule has 0 amide bonds. The molecule has 2 N–H and O–H groups in total. The summed E-state index contributed by atoms with van der Waals surface area (Å²) in [6.07, 6.45) is 0. The van der Waals surface area contributed by atoms with Crippen LogP contribution in [0.4, 0.5) is 11.4 Å². The number of guanidine groups is 2. The van der Waals surface area contributed by atoms with E-state index >= 15 is 0 Å². The van der Waals surface area contributed by atoms with Crippen LogP contribution < -0.4 is 20.8 Å². The summed E-state index contributed by atoms with van der Waals surface area (Å²) in [5.74, 6) is -0.201. The molecule has 11 heteroatoms. The number of aliphatic imine (C=N–C) groups is 4. The van der Waals surface area contributed by atoms with Gasteiger partial charge in [0.15, 0.2) is 0 Å². The van der Waals surface area contributed by atoms with E-state index in [4.69, 9.17) is 23.2 Å². The van der Waals surface area contributed by atoms with Crippen LogP contribution in [0, 0.1) is 0 Å². The number of halogens is 2. The molecule has 1 radical (unpaired) electrons. The number of hydrogen-bond donors (Lipinski definition) is 2. The summed E-state index contributed by atoms with van der Waals surface area (Å²) in [5, 5.41) is 31.5. The van der Waals surface area contributed by atoms with Crippen LogP contribution in [0.2, 0.25) is 10.0 Å². The summed E-state index contributed by atoms with van der Waals surface area (Å²) < 4.78 is 0. The van der Waals surface area contributed by atoms with Crippen molar-refractivity contribution >= 4 is 58.3 Å². The maximum Gasteiger partial charge on any atom is 2.00 e. The van der Waals surface area contributed by atoms with E-state index in [-0.39, 0.29) is 52.9 Å². The van der Waals surface area contributed by atoms with Crippen molar-refractivity contribution in [2.75, 3.05) is 10.6 Å². The summed E-state index contributed by atoms with van der Waals surface area (Å²) in [4.78, 5) is 16.8. The van der Waals surface area contributed by atoms with Crippen molar-refractivity contribution in [1.29, 1.82) is 0 Å². The van der Waals surface area contributed by atoms with Gasteiger partial charge in [0.25, 0.3) is 0 Å². The molecule has 4 aromatic carbocycles. The normalized spacial score (nSPS) is 12.3. The quantitative estimate of drug-likeness (QED) is 0.134. The van der Waals surface area contributed by atoms with E-state index in [9.17, 15) is 10.2 Å². The minimum absolute atomic E-state index is 0. The Morgan fingerprint density at radius 2 is 0.844 bits per heavy atom. The molecule has 0 saturated carbocycles. The van der Waals surface area contributed by atoms with Crippen molar-refractivity contribution in [2.45, 2.75) is 39.8 Å². The summed E-state index contributed by atoms with van der Waals surface area (Å²) >= 11 is 12.2. The standard InChI is InChI=1S/2C17H18ClN3O.Cu/c2*1-12(2)19-17(20-15-11-7-6-10-14(15)18)21-16(22)13-8-4-3-5-9-13;/h2*3-12H,1-2H3,(H2,19,20,21,22);/q;;+2/p-2. The first-order valence-electron chi connectivity index (χ1n) is 13.9. The van der Waals surface area contributed by atoms with Crippen LogP contribution in [0.25, 0.3) is 0 Å². The van der Waals surface area contributed by atoms with Gasteiger partial charge in [-0.1, -0.05) is 108 Å². The number of para-hydroxylation sites is 2. The second-order valence-electron chi connectivity index (χ2n) is 9.87. The Morgan fingerprint density at radius 3 is 1.16 bits per heavy atom. The Balaban J connectivity index is 0.000000307. The molecule has 0 aromatic heterocycles. The van der Waals surface area contributed by atoms with Gasteiger partial charge in [0, 0.05) is 12.1 Å². The van der Waals surface area contributed by atoms with Crippen molar-refractivity contribution in [3.8, 4) is 0 Å². The molecule has 4 aromatic rings. The molecule has 0 fully saturated rings. The van der Waals surface area contributed by atoms with Crippen LogP contribution >= 0.6 is 23.2 Å². The third kappa shape index (κ3) is 13.2. The van der Waals surface area contributed by atoms with Crippen molar-refractivity contribution in [2.24, 2.45) is 20.0 Å². The summed E-state index contributed by atoms with van der Waals surface area (Å²) in [7, 11) is 0. The maximum absolute atomic E-state index is 12.2. The van der Waals surface area contributed by atoms with Crippen molar-refractivity contribution < 1.29 is 27.3 Å². The molecule has 45 heavy (non-hydrogen) atoms. The van der Waals surface area contributed by atoms with E-state index in [1.165, 1.54) is 0 Å². The van der Waals surface area contributed by atoms with E-state index in [1.54, 1.807) is 72.8 Å². The zero-order valence-corrected chi connectivity index (χ0v) is 27.7. The van der Waals surface area contributed by atoms with Gasteiger partial charge >= 0.3 is 17.1 Å². The van der Waals surface area contributed by atoms with Gasteiger partial charge in [-0.15, -0.1) is 0 Å². The molecular formula is C34H34Cl2CuN6O2.